The molecular weight excluding hydrogens is 124 g/mol. The molecule has 0 aromatic carbocycles. The molecule has 56 valence electrons. The Hall–Kier alpha value is -0.590. The van der Waals surface area contributed by atoms with E-state index in [-0.39, 0.29) is 0 Å². The maximum absolute atomic E-state index is 10.9. The van der Waals surface area contributed by atoms with Crippen LogP contribution in [0.5, 0.6) is 0 Å². The molecule has 0 amide bonds. The number of carbonyl (C=O) groups excluding carboxylic acids is 1. The molecular formula is C9H14O. The SMILES string of the molecule is C/C=C\C1CCCC(=O)C1. The minimum Gasteiger partial charge on any atom is -0.300 e. The predicted molar refractivity (Wildman–Crippen MR) is 41.8 cm³/mol. The van der Waals surface area contributed by atoms with E-state index in [1.54, 1.807) is 0 Å². The Morgan fingerprint density at radius 2 is 2.40 bits per heavy atom. The molecule has 0 saturated heterocycles. The minimum atomic E-state index is 0.439. The third-order valence-corrected chi connectivity index (χ3v) is 1.99. The summed E-state index contributed by atoms with van der Waals surface area (Å²) in [5.74, 6) is 0.987. The second-order valence-corrected chi connectivity index (χ2v) is 2.92. The van der Waals surface area contributed by atoms with Crippen LogP contribution in [0.3, 0.4) is 0 Å². The topological polar surface area (TPSA) is 17.1 Å². The van der Waals surface area contributed by atoms with Crippen molar-refractivity contribution in [2.75, 3.05) is 0 Å². The summed E-state index contributed by atoms with van der Waals surface area (Å²) in [6.07, 6.45) is 8.09. The average Bonchev–Trinajstić information content (AvgIpc) is 1.88. The van der Waals surface area contributed by atoms with Crippen LogP contribution in [-0.2, 0) is 4.79 Å². The van der Waals surface area contributed by atoms with Gasteiger partial charge in [-0.2, -0.15) is 0 Å². The summed E-state index contributed by atoms with van der Waals surface area (Å²) in [6.45, 7) is 2.01. The van der Waals surface area contributed by atoms with Crippen molar-refractivity contribution in [2.45, 2.75) is 32.6 Å². The van der Waals surface area contributed by atoms with Gasteiger partial charge in [0.05, 0.1) is 0 Å². The van der Waals surface area contributed by atoms with Gasteiger partial charge in [-0.3, -0.25) is 4.79 Å². The van der Waals surface area contributed by atoms with Crippen molar-refractivity contribution in [3.63, 3.8) is 0 Å². The van der Waals surface area contributed by atoms with Crippen molar-refractivity contribution >= 4 is 5.78 Å². The molecule has 0 heterocycles. The summed E-state index contributed by atoms with van der Waals surface area (Å²) in [4.78, 5) is 10.9. The van der Waals surface area contributed by atoms with E-state index in [1.807, 2.05) is 13.0 Å². The Bertz CT molecular complexity index is 147. The van der Waals surface area contributed by atoms with Crippen molar-refractivity contribution in [2.24, 2.45) is 5.92 Å². The van der Waals surface area contributed by atoms with Crippen molar-refractivity contribution in [1.82, 2.24) is 0 Å². The van der Waals surface area contributed by atoms with Gasteiger partial charge in [0.25, 0.3) is 0 Å². The molecule has 0 spiro atoms. The van der Waals surface area contributed by atoms with Crippen LogP contribution in [0.4, 0.5) is 0 Å². The first-order valence-corrected chi connectivity index (χ1v) is 3.97. The van der Waals surface area contributed by atoms with Gasteiger partial charge < -0.3 is 0 Å². The Labute approximate surface area is 62.1 Å². The standard InChI is InChI=1S/C9H14O/c1-2-4-8-5-3-6-9(10)7-8/h2,4,8H,3,5-7H2,1H3/b4-2-. The highest BCUT2D eigenvalue weighted by molar-refractivity contribution is 5.79. The molecule has 10 heavy (non-hydrogen) atoms. The summed E-state index contributed by atoms with van der Waals surface area (Å²) in [5, 5.41) is 0. The number of hydrogen-bond donors (Lipinski definition) is 0. The second kappa shape index (κ2) is 3.55. The fourth-order valence-corrected chi connectivity index (χ4v) is 1.49. The smallest absolute Gasteiger partial charge is 0.133 e. The normalized spacial score (nSPS) is 27.7. The Kier molecular flexibility index (Phi) is 2.67. The first-order valence-electron chi connectivity index (χ1n) is 3.97. The van der Waals surface area contributed by atoms with Crippen LogP contribution in [0.15, 0.2) is 12.2 Å². The van der Waals surface area contributed by atoms with Crippen LogP contribution in [-0.4, -0.2) is 5.78 Å². The highest BCUT2D eigenvalue weighted by atomic mass is 16.1. The van der Waals surface area contributed by atoms with E-state index in [4.69, 9.17) is 0 Å². The Morgan fingerprint density at radius 1 is 1.60 bits per heavy atom. The van der Waals surface area contributed by atoms with Gasteiger partial charge in [0, 0.05) is 12.8 Å². The van der Waals surface area contributed by atoms with Gasteiger partial charge in [-0.25, -0.2) is 0 Å². The van der Waals surface area contributed by atoms with Gasteiger partial charge in [0.15, 0.2) is 0 Å². The van der Waals surface area contributed by atoms with Crippen molar-refractivity contribution in [3.05, 3.63) is 12.2 Å². The zero-order chi connectivity index (χ0) is 7.40. The summed E-state index contributed by atoms with van der Waals surface area (Å²) in [5.41, 5.74) is 0. The van der Waals surface area contributed by atoms with Crippen LogP contribution < -0.4 is 0 Å². The lowest BCUT2D eigenvalue weighted by Crippen LogP contribution is -2.12. The van der Waals surface area contributed by atoms with Gasteiger partial charge in [-0.1, -0.05) is 12.2 Å². The van der Waals surface area contributed by atoms with Gasteiger partial charge in [-0.05, 0) is 25.7 Å². The van der Waals surface area contributed by atoms with E-state index in [0.717, 1.165) is 19.3 Å². The second-order valence-electron chi connectivity index (χ2n) is 2.92. The van der Waals surface area contributed by atoms with Gasteiger partial charge >= 0.3 is 0 Å². The highest BCUT2D eigenvalue weighted by Crippen LogP contribution is 2.21. The highest BCUT2D eigenvalue weighted by Gasteiger charge is 2.15. The van der Waals surface area contributed by atoms with Crippen molar-refractivity contribution in [1.29, 1.82) is 0 Å². The average molecular weight is 138 g/mol. The molecule has 1 nitrogen and oxygen atoms in total. The maximum Gasteiger partial charge on any atom is 0.133 e. The van der Waals surface area contributed by atoms with Gasteiger partial charge in [0.1, 0.15) is 5.78 Å². The fourth-order valence-electron chi connectivity index (χ4n) is 1.49. The molecule has 0 N–H and O–H groups in total. The molecule has 0 bridgehead atoms. The number of carbonyl (C=O) groups is 1. The summed E-state index contributed by atoms with van der Waals surface area (Å²) in [7, 11) is 0. The van der Waals surface area contributed by atoms with Crippen LogP contribution in [0, 0.1) is 5.92 Å². The monoisotopic (exact) mass is 138 g/mol. The summed E-state index contributed by atoms with van der Waals surface area (Å²) < 4.78 is 0. The largest absolute Gasteiger partial charge is 0.300 e. The fraction of sp³-hybridized carbons (Fsp3) is 0.667. The van der Waals surface area contributed by atoms with Gasteiger partial charge in [0.2, 0.25) is 0 Å². The molecule has 1 aliphatic carbocycles. The van der Waals surface area contributed by atoms with E-state index < -0.39 is 0 Å². The molecule has 1 aliphatic rings. The molecule has 1 fully saturated rings. The summed E-state index contributed by atoms with van der Waals surface area (Å²) >= 11 is 0. The van der Waals surface area contributed by atoms with E-state index >= 15 is 0 Å². The maximum atomic E-state index is 10.9. The molecule has 1 atom stereocenters. The minimum absolute atomic E-state index is 0.439. The molecule has 0 aliphatic heterocycles. The first-order chi connectivity index (χ1) is 4.83. The Morgan fingerprint density at radius 3 is 3.00 bits per heavy atom. The lowest BCUT2D eigenvalue weighted by atomic mass is 9.88. The molecule has 1 rings (SSSR count). The molecule has 0 aromatic rings. The first kappa shape index (κ1) is 7.52. The zero-order valence-corrected chi connectivity index (χ0v) is 6.47. The van der Waals surface area contributed by atoms with Crippen molar-refractivity contribution < 1.29 is 4.79 Å². The lowest BCUT2D eigenvalue weighted by Gasteiger charge is -2.16. The number of ketones is 1. The molecule has 1 unspecified atom stereocenters. The summed E-state index contributed by atoms with van der Waals surface area (Å²) in [6, 6.07) is 0. The molecule has 0 radical (unpaired) electrons. The van der Waals surface area contributed by atoms with Gasteiger partial charge in [-0.15, -0.1) is 0 Å². The lowest BCUT2D eigenvalue weighted by molar-refractivity contribution is -0.121. The number of hydrogen-bond acceptors (Lipinski definition) is 1. The predicted octanol–water partition coefficient (Wildman–Crippen LogP) is 2.32. The molecule has 1 heteroatoms. The zero-order valence-electron chi connectivity index (χ0n) is 6.47. The van der Waals surface area contributed by atoms with Crippen LogP contribution in [0.2, 0.25) is 0 Å². The Balaban J connectivity index is 2.39. The third kappa shape index (κ3) is 1.98. The van der Waals surface area contributed by atoms with Crippen molar-refractivity contribution in [3.8, 4) is 0 Å². The van der Waals surface area contributed by atoms with Crippen LogP contribution in [0.25, 0.3) is 0 Å². The van der Waals surface area contributed by atoms with E-state index in [2.05, 4.69) is 6.08 Å². The number of allylic oxidation sites excluding steroid dienone is 2. The number of Topliss-reactive ketones (excluding diaryl/α,β-unsaturated/α-hetero) is 1. The molecule has 0 aromatic heterocycles. The van der Waals surface area contributed by atoms with Crippen LogP contribution >= 0.6 is 0 Å². The van der Waals surface area contributed by atoms with E-state index in [0.29, 0.717) is 11.7 Å². The quantitative estimate of drug-likeness (QED) is 0.508. The molecule has 1 saturated carbocycles. The van der Waals surface area contributed by atoms with Crippen LogP contribution in [0.1, 0.15) is 32.6 Å². The van der Waals surface area contributed by atoms with E-state index in [9.17, 15) is 4.79 Å². The number of rotatable bonds is 1. The third-order valence-electron chi connectivity index (χ3n) is 1.99. The van der Waals surface area contributed by atoms with E-state index in [1.165, 1.54) is 6.42 Å².